The summed E-state index contributed by atoms with van der Waals surface area (Å²) in [5, 5.41) is 9.53. The zero-order chi connectivity index (χ0) is 96.6. The summed E-state index contributed by atoms with van der Waals surface area (Å²) in [5.74, 6) is -13.3. The average Bonchev–Trinajstić information content (AvgIpc) is 1.81. The number of ether oxygens (including phenoxy) is 20. The van der Waals surface area contributed by atoms with E-state index >= 15 is 0 Å². The maximum absolute atomic E-state index is 11.5. The van der Waals surface area contributed by atoms with Gasteiger partial charge in [-0.3, -0.25) is 57.5 Å². The van der Waals surface area contributed by atoms with Gasteiger partial charge in [0.2, 0.25) is 60.3 Å². The Morgan fingerprint density at radius 1 is 0.279 bits per heavy atom. The first-order chi connectivity index (χ1) is 61.3. The van der Waals surface area contributed by atoms with Gasteiger partial charge in [0.25, 0.3) is 0 Å². The molecule has 0 radical (unpaired) electrons. The Kier molecular flexibility index (Phi) is 57.9. The third-order valence-corrected chi connectivity index (χ3v) is 15.6. The molecule has 6 unspecified atom stereocenters. The lowest BCUT2D eigenvalue weighted by Crippen LogP contribution is -2.34. The Morgan fingerprint density at radius 2 is 0.496 bits per heavy atom. The highest BCUT2D eigenvalue weighted by atomic mass is 16.7. The van der Waals surface area contributed by atoms with Crippen molar-refractivity contribution in [2.24, 2.45) is 0 Å². The van der Waals surface area contributed by atoms with Crippen molar-refractivity contribution in [1.82, 2.24) is 21.3 Å². The number of rotatable bonds is 48. The van der Waals surface area contributed by atoms with E-state index in [0.29, 0.717) is 38.5 Å². The van der Waals surface area contributed by atoms with Gasteiger partial charge >= 0.3 is 119 Å². The molecule has 6 saturated heterocycles. The van der Waals surface area contributed by atoms with Crippen LogP contribution >= 0.6 is 0 Å². The molecule has 0 bridgehead atoms. The Labute approximate surface area is 737 Å². The molecule has 0 aromatic rings. The van der Waals surface area contributed by atoms with Crippen LogP contribution in [0.4, 0.5) is 0 Å². The highest BCUT2D eigenvalue weighted by molar-refractivity contribution is 5.91. The summed E-state index contributed by atoms with van der Waals surface area (Å²) in [5.41, 5.74) is 0.749. The Hall–Kier alpha value is -14.3. The first kappa shape index (κ1) is 113. The fourth-order valence-corrected chi connectivity index (χ4v) is 9.00. The Morgan fingerprint density at radius 3 is 0.729 bits per heavy atom. The van der Waals surface area contributed by atoms with Gasteiger partial charge in [0, 0.05) is 99.4 Å². The van der Waals surface area contributed by atoms with Crippen LogP contribution in [0, 0.1) is 0 Å². The average molecular weight is 1840 g/mol. The van der Waals surface area contributed by atoms with Gasteiger partial charge in [-0.05, 0) is 33.6 Å². The molecular formula is C81H106N4O44. The maximum atomic E-state index is 11.5. The van der Waals surface area contributed by atoms with E-state index in [4.69, 9.17) is 52.1 Å². The largest absolute Gasteiger partial charge is 0.466 e. The van der Waals surface area contributed by atoms with Gasteiger partial charge in [0.1, 0.15) is 52.7 Å². The minimum atomic E-state index is -0.897. The van der Waals surface area contributed by atoms with Crippen LogP contribution in [-0.4, -0.2) is 298 Å². The van der Waals surface area contributed by atoms with Gasteiger partial charge < -0.3 is 116 Å². The molecule has 6 aliphatic heterocycles. The minimum Gasteiger partial charge on any atom is -0.466 e. The molecule has 0 spiro atoms. The molecule has 48 heteroatoms. The highest BCUT2D eigenvalue weighted by Crippen LogP contribution is 2.17. The smallest absolute Gasteiger partial charge is 0.347 e. The summed E-state index contributed by atoms with van der Waals surface area (Å²) in [6.07, 6.45) is 0.0857. The summed E-state index contributed by atoms with van der Waals surface area (Å²) >= 11 is 0. The quantitative estimate of drug-likeness (QED) is 0.0242. The molecule has 6 heterocycles. The normalized spacial score (nSPS) is 16.7. The van der Waals surface area contributed by atoms with Gasteiger partial charge in [-0.25, -0.2) is 57.5 Å². The van der Waals surface area contributed by atoms with E-state index in [0.717, 1.165) is 18.2 Å². The van der Waals surface area contributed by atoms with Crippen molar-refractivity contribution in [2.45, 2.75) is 173 Å². The van der Waals surface area contributed by atoms with Gasteiger partial charge in [-0.1, -0.05) is 39.5 Å². The van der Waals surface area contributed by atoms with E-state index < -0.39 is 168 Å². The molecular weight excluding hydrogens is 1730 g/mol. The molecule has 6 fully saturated rings. The molecule has 0 aromatic carbocycles. The first-order valence-electron chi connectivity index (χ1n) is 39.7. The molecule has 6 rings (SSSR count). The highest BCUT2D eigenvalue weighted by Gasteiger charge is 2.35. The van der Waals surface area contributed by atoms with E-state index in [-0.39, 0.29) is 224 Å². The van der Waals surface area contributed by atoms with Gasteiger partial charge in [0.15, 0.2) is 0 Å². The zero-order valence-electron chi connectivity index (χ0n) is 71.4. The first-order valence-corrected chi connectivity index (χ1v) is 39.7. The minimum absolute atomic E-state index is 0.0103. The predicted molar refractivity (Wildman–Crippen MR) is 423 cm³/mol. The van der Waals surface area contributed by atoms with Gasteiger partial charge in [-0.2, -0.15) is 0 Å². The molecule has 4 N–H and O–H groups in total. The predicted octanol–water partition coefficient (Wildman–Crippen LogP) is -1.15. The molecule has 714 valence electrons. The monoisotopic (exact) mass is 1840 g/mol. The van der Waals surface area contributed by atoms with E-state index in [1.807, 2.05) is 0 Å². The third kappa shape index (κ3) is 55.6. The second-order valence-electron chi connectivity index (χ2n) is 26.4. The van der Waals surface area contributed by atoms with Crippen molar-refractivity contribution in [2.75, 3.05) is 119 Å². The second-order valence-corrected chi connectivity index (χ2v) is 26.4. The molecule has 4 amide bonds. The van der Waals surface area contributed by atoms with Crippen molar-refractivity contribution in [3.63, 3.8) is 0 Å². The van der Waals surface area contributed by atoms with Crippen LogP contribution in [-0.2, 0) is 210 Å². The number of esters is 20. The van der Waals surface area contributed by atoms with Crippen molar-refractivity contribution in [3.8, 4) is 0 Å². The second kappa shape index (κ2) is 66.2. The van der Waals surface area contributed by atoms with Crippen LogP contribution in [0.15, 0.2) is 74.4 Å². The molecule has 0 saturated carbocycles. The van der Waals surface area contributed by atoms with Crippen LogP contribution < -0.4 is 21.3 Å². The van der Waals surface area contributed by atoms with E-state index in [9.17, 15) is 115 Å². The molecule has 0 aromatic heterocycles. The Bertz CT molecular complexity index is 3990. The van der Waals surface area contributed by atoms with Crippen LogP contribution in [0.1, 0.15) is 136 Å². The van der Waals surface area contributed by atoms with E-state index in [1.165, 1.54) is 20.8 Å². The molecule has 129 heavy (non-hydrogen) atoms. The number of hydrogen-bond acceptors (Lipinski definition) is 44. The lowest BCUT2D eigenvalue weighted by Gasteiger charge is -2.09. The van der Waals surface area contributed by atoms with E-state index in [2.05, 4.69) is 103 Å². The summed E-state index contributed by atoms with van der Waals surface area (Å²) in [7, 11) is 0. The van der Waals surface area contributed by atoms with Crippen molar-refractivity contribution < 1.29 is 210 Å². The summed E-state index contributed by atoms with van der Waals surface area (Å²) in [6.45, 7) is 24.8. The van der Waals surface area contributed by atoms with Crippen LogP contribution in [0.3, 0.4) is 0 Å². The van der Waals surface area contributed by atoms with Crippen molar-refractivity contribution >= 4 is 143 Å². The fraction of sp³-hybridized carbons (Fsp3) is 0.556. The number of carbonyl (C=O) groups excluding carboxylic acids is 24. The zero-order valence-corrected chi connectivity index (χ0v) is 71.4. The molecule has 6 aliphatic rings. The number of hydrogen-bond donors (Lipinski definition) is 4. The van der Waals surface area contributed by atoms with E-state index in [1.54, 1.807) is 0 Å². The third-order valence-electron chi connectivity index (χ3n) is 15.6. The molecule has 0 aliphatic carbocycles. The summed E-state index contributed by atoms with van der Waals surface area (Å²) in [4.78, 5) is 268. The number of amides is 4. The standard InChI is InChI=1S/C15H20O8.C14H19NO7.C14H18O8.2C13H17NO7.C12H15NO7/c1-10(2)14(18)21-9-6-12(16)20-7-3-4-13(17)23-11-5-8-22-15(11)19;1-9(2)13(18)20-8-5-11(16)15-6-3-12(17)22-10-4-7-21-14(10)19;1-2-11(15)20-9-6-12(16)19-7-3-4-13(17)22-10-5-8-21-14(10)18;1-8(2)12(17)19-6-4-10(15)14-7-11(16)21-9-3-5-20-13(9)18;1-2-11(16)19-8-5-10(15)14-6-3-12(17)21-9-4-7-20-13(9)18;1-2-10(15)18-6-4-9(14)13-7-11(16)20-8-3-5-19-12(8)17/h11H,1,3-9H2,2H3;10H,1,3-8H2,2H3,(H,15,16);2,10H,1,3-9H2;9H,1,3-7H2,2H3,(H,14,15);2,9H,1,3-8H2,(H,14,15);2,8H,1,3-7H2,(H,13,14). The Balaban J connectivity index is 0.000000774. The van der Waals surface area contributed by atoms with Crippen LogP contribution in [0.25, 0.3) is 0 Å². The number of cyclic esters (lactones) is 6. The summed E-state index contributed by atoms with van der Waals surface area (Å²) in [6, 6.07) is 0. The lowest BCUT2D eigenvalue weighted by molar-refractivity contribution is -0.160. The van der Waals surface area contributed by atoms with Gasteiger partial charge in [-0.15, -0.1) is 0 Å². The van der Waals surface area contributed by atoms with Crippen molar-refractivity contribution in [1.29, 1.82) is 0 Å². The maximum Gasteiger partial charge on any atom is 0.347 e. The fourth-order valence-electron chi connectivity index (χ4n) is 9.00. The molecule has 6 atom stereocenters. The van der Waals surface area contributed by atoms with Crippen molar-refractivity contribution in [3.05, 3.63) is 74.4 Å². The number of nitrogens with one attached hydrogen (secondary N) is 4. The van der Waals surface area contributed by atoms with Crippen LogP contribution in [0.2, 0.25) is 0 Å². The SMILES string of the molecule is C=C(C)C(=O)OCCC(=O)NCC(=O)OC1CCOC1=O.C=C(C)C(=O)OCCC(=O)NCCC(=O)OC1CCOC1=O.C=C(C)C(=O)OCCC(=O)OCCCC(=O)OC1CCOC1=O.C=CC(=O)OCCC(=O)NCC(=O)OC1CCOC1=O.C=CC(=O)OCCC(=O)NCCC(=O)OC1CCOC1=O.C=CC(=O)OCCC(=O)OCCCC(=O)OC1CCOC1=O. The molecule has 48 nitrogen and oxygen atoms in total. The van der Waals surface area contributed by atoms with Crippen LogP contribution in [0.5, 0.6) is 0 Å². The van der Waals surface area contributed by atoms with Gasteiger partial charge in [0.05, 0.1) is 104 Å². The number of carbonyl (C=O) groups is 24. The topological polar surface area (TPSA) is 642 Å². The summed E-state index contributed by atoms with van der Waals surface area (Å²) < 4.78 is 94.9. The lowest BCUT2D eigenvalue weighted by atomic mass is 10.3.